The second kappa shape index (κ2) is 4.05. The van der Waals surface area contributed by atoms with E-state index in [1.807, 2.05) is 12.5 Å². The molecule has 0 aromatic rings. The van der Waals surface area contributed by atoms with Crippen LogP contribution in [0.1, 0.15) is 39.5 Å². The fourth-order valence-electron chi connectivity index (χ4n) is 1.87. The van der Waals surface area contributed by atoms with Crippen molar-refractivity contribution in [2.75, 3.05) is 0 Å². The van der Waals surface area contributed by atoms with Gasteiger partial charge >= 0.3 is 0 Å². The first kappa shape index (κ1) is 8.98. The Morgan fingerprint density at radius 3 is 2.27 bits per heavy atom. The Balaban J connectivity index is 2.27. The Hall–Kier alpha value is -0.110. The molecular formula is C9H18FN. The van der Waals surface area contributed by atoms with Crippen molar-refractivity contribution in [3.05, 3.63) is 0 Å². The van der Waals surface area contributed by atoms with Gasteiger partial charge in [-0.3, -0.25) is 0 Å². The van der Waals surface area contributed by atoms with Gasteiger partial charge < -0.3 is 0 Å². The lowest BCUT2D eigenvalue weighted by Crippen LogP contribution is -2.30. The molecule has 0 amide bonds. The van der Waals surface area contributed by atoms with Gasteiger partial charge in [0.1, 0.15) is 0 Å². The molecule has 0 spiro atoms. The maximum absolute atomic E-state index is 12.0. The summed E-state index contributed by atoms with van der Waals surface area (Å²) in [5.74, 6) is 1.43. The minimum absolute atomic E-state index is 0.0579. The van der Waals surface area contributed by atoms with Crippen LogP contribution in [-0.4, -0.2) is 6.04 Å². The fraction of sp³-hybridized carbons (Fsp3) is 1.00. The Kier molecular flexibility index (Phi) is 3.31. The highest BCUT2D eigenvalue weighted by Crippen LogP contribution is 2.30. The van der Waals surface area contributed by atoms with Crippen LogP contribution in [0.3, 0.4) is 0 Å². The van der Waals surface area contributed by atoms with Gasteiger partial charge in [0.25, 0.3) is 0 Å². The van der Waals surface area contributed by atoms with Gasteiger partial charge in [0.05, 0.1) is 0 Å². The molecule has 0 saturated heterocycles. The third-order valence-corrected chi connectivity index (χ3v) is 2.94. The van der Waals surface area contributed by atoms with Crippen molar-refractivity contribution in [3.8, 4) is 0 Å². The lowest BCUT2D eigenvalue weighted by Gasteiger charge is -2.29. The number of rotatable bonds is 2. The summed E-state index contributed by atoms with van der Waals surface area (Å²) in [4.78, 5) is 0. The van der Waals surface area contributed by atoms with Crippen LogP contribution < -0.4 is 5.54 Å². The van der Waals surface area contributed by atoms with E-state index in [2.05, 4.69) is 6.92 Å². The molecule has 0 aromatic heterocycles. The van der Waals surface area contributed by atoms with E-state index in [9.17, 15) is 4.48 Å². The number of hydrogen-bond acceptors (Lipinski definition) is 1. The standard InChI is InChI=1S/C9H18FN/c1-7-3-5-9(6-4-7)8(2)11-10/h7-9,11H,3-6H2,1-2H3. The molecule has 1 fully saturated rings. The molecule has 66 valence electrons. The van der Waals surface area contributed by atoms with E-state index in [1.165, 1.54) is 25.7 Å². The zero-order valence-electron chi connectivity index (χ0n) is 7.44. The van der Waals surface area contributed by atoms with Crippen molar-refractivity contribution in [1.29, 1.82) is 0 Å². The van der Waals surface area contributed by atoms with Crippen molar-refractivity contribution in [2.24, 2.45) is 11.8 Å². The van der Waals surface area contributed by atoms with Gasteiger partial charge in [0, 0.05) is 6.04 Å². The third-order valence-electron chi connectivity index (χ3n) is 2.94. The van der Waals surface area contributed by atoms with Crippen molar-refractivity contribution >= 4 is 0 Å². The van der Waals surface area contributed by atoms with E-state index in [0.717, 1.165) is 5.92 Å². The highest BCUT2D eigenvalue weighted by molar-refractivity contribution is 4.75. The molecule has 0 radical (unpaired) electrons. The average Bonchev–Trinajstić information content (AvgIpc) is 2.05. The quantitative estimate of drug-likeness (QED) is 0.611. The Labute approximate surface area is 68.3 Å². The van der Waals surface area contributed by atoms with Gasteiger partial charge in [0.2, 0.25) is 0 Å². The average molecular weight is 159 g/mol. The molecule has 0 aliphatic heterocycles. The predicted molar refractivity (Wildman–Crippen MR) is 44.8 cm³/mol. The Bertz CT molecular complexity index is 108. The summed E-state index contributed by atoms with van der Waals surface area (Å²) in [7, 11) is 0. The summed E-state index contributed by atoms with van der Waals surface area (Å²) in [6, 6.07) is 0.0579. The highest BCUT2D eigenvalue weighted by atomic mass is 19.2. The van der Waals surface area contributed by atoms with Gasteiger partial charge in [-0.25, -0.2) is 0 Å². The smallest absolute Gasteiger partial charge is 0.0371 e. The molecule has 0 aromatic carbocycles. The Morgan fingerprint density at radius 2 is 1.82 bits per heavy atom. The lowest BCUT2D eigenvalue weighted by molar-refractivity contribution is 0.174. The van der Waals surface area contributed by atoms with E-state index in [0.29, 0.717) is 5.92 Å². The maximum Gasteiger partial charge on any atom is 0.0371 e. The molecule has 1 unspecified atom stereocenters. The largest absolute Gasteiger partial charge is 0.156 e. The molecule has 1 N–H and O–H groups in total. The molecule has 2 heteroatoms. The van der Waals surface area contributed by atoms with Crippen molar-refractivity contribution < 1.29 is 4.48 Å². The summed E-state index contributed by atoms with van der Waals surface area (Å²) in [6.07, 6.45) is 4.94. The van der Waals surface area contributed by atoms with Crippen LogP contribution >= 0.6 is 0 Å². The fourth-order valence-corrected chi connectivity index (χ4v) is 1.87. The summed E-state index contributed by atoms with van der Waals surface area (Å²) < 4.78 is 12.0. The minimum Gasteiger partial charge on any atom is -0.156 e. The molecule has 11 heavy (non-hydrogen) atoms. The van der Waals surface area contributed by atoms with Crippen LogP contribution in [-0.2, 0) is 0 Å². The summed E-state index contributed by atoms with van der Waals surface area (Å²) >= 11 is 0. The van der Waals surface area contributed by atoms with Crippen LogP contribution in [0.15, 0.2) is 0 Å². The first-order valence-electron chi connectivity index (χ1n) is 4.60. The molecule has 1 saturated carbocycles. The van der Waals surface area contributed by atoms with Gasteiger partial charge in [-0.05, 0) is 31.6 Å². The number of hydrogen-bond donors (Lipinski definition) is 1. The number of halogens is 1. The van der Waals surface area contributed by atoms with Gasteiger partial charge in [-0.1, -0.05) is 19.8 Å². The molecular weight excluding hydrogens is 141 g/mol. The van der Waals surface area contributed by atoms with Crippen LogP contribution in [0, 0.1) is 11.8 Å². The van der Waals surface area contributed by atoms with E-state index < -0.39 is 0 Å². The lowest BCUT2D eigenvalue weighted by atomic mass is 9.80. The van der Waals surface area contributed by atoms with E-state index in [-0.39, 0.29) is 6.04 Å². The van der Waals surface area contributed by atoms with E-state index in [1.54, 1.807) is 0 Å². The molecule has 1 atom stereocenters. The van der Waals surface area contributed by atoms with Crippen LogP contribution in [0.4, 0.5) is 4.48 Å². The van der Waals surface area contributed by atoms with Gasteiger partial charge in [-0.2, -0.15) is 5.54 Å². The molecule has 1 aliphatic rings. The van der Waals surface area contributed by atoms with Crippen molar-refractivity contribution in [3.63, 3.8) is 0 Å². The first-order chi connectivity index (χ1) is 5.24. The Morgan fingerprint density at radius 1 is 1.27 bits per heavy atom. The summed E-state index contributed by atoms with van der Waals surface area (Å²) in [6.45, 7) is 4.21. The zero-order chi connectivity index (χ0) is 8.27. The second-order valence-electron chi connectivity index (χ2n) is 3.92. The number of nitrogens with one attached hydrogen (secondary N) is 1. The summed E-state index contributed by atoms with van der Waals surface area (Å²) in [5, 5.41) is 0. The van der Waals surface area contributed by atoms with Crippen molar-refractivity contribution in [1.82, 2.24) is 5.54 Å². The van der Waals surface area contributed by atoms with Gasteiger partial charge in [-0.15, -0.1) is 4.48 Å². The topological polar surface area (TPSA) is 12.0 Å². The van der Waals surface area contributed by atoms with E-state index in [4.69, 9.17) is 0 Å². The molecule has 1 rings (SSSR count). The first-order valence-corrected chi connectivity index (χ1v) is 4.60. The van der Waals surface area contributed by atoms with E-state index >= 15 is 0 Å². The summed E-state index contributed by atoms with van der Waals surface area (Å²) in [5.41, 5.74) is 1.85. The van der Waals surface area contributed by atoms with Gasteiger partial charge in [0.15, 0.2) is 0 Å². The molecule has 0 bridgehead atoms. The zero-order valence-corrected chi connectivity index (χ0v) is 7.44. The molecule has 1 aliphatic carbocycles. The van der Waals surface area contributed by atoms with Crippen molar-refractivity contribution in [2.45, 2.75) is 45.6 Å². The monoisotopic (exact) mass is 159 g/mol. The maximum atomic E-state index is 12.0. The third kappa shape index (κ3) is 2.44. The normalized spacial score (nSPS) is 35.2. The van der Waals surface area contributed by atoms with Crippen LogP contribution in [0.25, 0.3) is 0 Å². The molecule has 0 heterocycles. The molecule has 1 nitrogen and oxygen atoms in total. The predicted octanol–water partition coefficient (Wildman–Crippen LogP) is 2.68. The van der Waals surface area contributed by atoms with Crippen LogP contribution in [0.5, 0.6) is 0 Å². The minimum atomic E-state index is 0.0579. The van der Waals surface area contributed by atoms with Crippen LogP contribution in [0.2, 0.25) is 0 Å². The second-order valence-corrected chi connectivity index (χ2v) is 3.92. The highest BCUT2D eigenvalue weighted by Gasteiger charge is 2.22. The SMILES string of the molecule is CC1CCC(C(C)NF)CC1.